The van der Waals surface area contributed by atoms with Gasteiger partial charge in [0.1, 0.15) is 5.33 Å². The summed E-state index contributed by atoms with van der Waals surface area (Å²) in [5.41, 5.74) is 0. The average molecular weight is 261 g/mol. The van der Waals surface area contributed by atoms with E-state index < -0.39 is 11.9 Å². The van der Waals surface area contributed by atoms with E-state index in [-0.39, 0.29) is 18.5 Å². The zero-order chi connectivity index (χ0) is 11.3. The van der Waals surface area contributed by atoms with Crippen molar-refractivity contribution >= 4 is 27.9 Å². The standard InChI is InChI=1S/C2H3BrO2.C2H4O2.C2H6O2/c3-1-2(4)5;1-2(3)4;3-1-2-4/h1H2,(H,4,5);1H3,(H,3,4);3-4H,1-2H2. The van der Waals surface area contributed by atoms with E-state index in [4.69, 9.17) is 25.2 Å². The van der Waals surface area contributed by atoms with Crippen molar-refractivity contribution in [3.05, 3.63) is 0 Å². The number of carboxylic acid groups (broad SMARTS) is 2. The number of carbonyl (C=O) groups is 2. The van der Waals surface area contributed by atoms with Crippen LogP contribution in [0.4, 0.5) is 0 Å². The van der Waals surface area contributed by atoms with Gasteiger partial charge in [0.2, 0.25) is 0 Å². The van der Waals surface area contributed by atoms with E-state index >= 15 is 0 Å². The highest BCUT2D eigenvalue weighted by atomic mass is 79.9. The molecule has 13 heavy (non-hydrogen) atoms. The summed E-state index contributed by atoms with van der Waals surface area (Å²) >= 11 is 2.71. The second-order valence-corrected chi connectivity index (χ2v) is 2.05. The molecule has 0 aliphatic rings. The number of aliphatic hydroxyl groups excluding tert-OH is 2. The van der Waals surface area contributed by atoms with Crippen molar-refractivity contribution in [1.29, 1.82) is 0 Å². The molecule has 0 aromatic rings. The fraction of sp³-hybridized carbons (Fsp3) is 0.667. The number of alkyl halides is 1. The molecule has 0 aromatic carbocycles. The molecule has 0 unspecified atom stereocenters. The van der Waals surface area contributed by atoms with Crippen molar-refractivity contribution in [3.8, 4) is 0 Å². The number of hydrogen-bond donors (Lipinski definition) is 4. The lowest BCUT2D eigenvalue weighted by molar-refractivity contribution is -0.135. The first-order valence-corrected chi connectivity index (χ1v) is 4.23. The molecule has 0 saturated carbocycles. The van der Waals surface area contributed by atoms with Crippen LogP contribution in [0, 0.1) is 0 Å². The molecule has 0 rings (SSSR count). The smallest absolute Gasteiger partial charge is 0.314 e. The van der Waals surface area contributed by atoms with Gasteiger partial charge in [0.05, 0.1) is 13.2 Å². The second-order valence-electron chi connectivity index (χ2n) is 1.49. The Balaban J connectivity index is -0.000000117. The van der Waals surface area contributed by atoms with Crippen LogP contribution in [0.2, 0.25) is 0 Å². The Kier molecular flexibility index (Phi) is 24.4. The van der Waals surface area contributed by atoms with Crippen molar-refractivity contribution in [1.82, 2.24) is 0 Å². The summed E-state index contributed by atoms with van der Waals surface area (Å²) in [6.07, 6.45) is 0. The molecule has 0 fully saturated rings. The van der Waals surface area contributed by atoms with Gasteiger partial charge in [-0.15, -0.1) is 0 Å². The first kappa shape index (κ1) is 18.2. The predicted octanol–water partition coefficient (Wildman–Crippen LogP) is -0.472. The van der Waals surface area contributed by atoms with Gasteiger partial charge in [-0.1, -0.05) is 15.9 Å². The van der Waals surface area contributed by atoms with Gasteiger partial charge in [-0.2, -0.15) is 0 Å². The highest BCUT2D eigenvalue weighted by Crippen LogP contribution is 1.73. The van der Waals surface area contributed by atoms with Crippen molar-refractivity contribution in [2.24, 2.45) is 0 Å². The summed E-state index contributed by atoms with van der Waals surface area (Å²) in [4.78, 5) is 18.3. The first-order valence-electron chi connectivity index (χ1n) is 3.11. The van der Waals surface area contributed by atoms with E-state index in [1.54, 1.807) is 0 Å². The molecular formula is C6H13BrO6. The highest BCUT2D eigenvalue weighted by Gasteiger charge is 1.83. The Morgan fingerprint density at radius 2 is 1.31 bits per heavy atom. The molecule has 4 N–H and O–H groups in total. The molecule has 0 spiro atoms. The number of aliphatic carboxylic acids is 2. The summed E-state index contributed by atoms with van der Waals surface area (Å²) in [6, 6.07) is 0. The SMILES string of the molecule is CC(=O)O.O=C(O)CBr.OCCO. The molecule has 0 bridgehead atoms. The molecule has 0 amide bonds. The van der Waals surface area contributed by atoms with Crippen LogP contribution in [0.15, 0.2) is 0 Å². The predicted molar refractivity (Wildman–Crippen MR) is 48.9 cm³/mol. The number of hydrogen-bond acceptors (Lipinski definition) is 4. The van der Waals surface area contributed by atoms with Crippen LogP contribution < -0.4 is 0 Å². The van der Waals surface area contributed by atoms with Crippen molar-refractivity contribution in [2.45, 2.75) is 6.92 Å². The third-order valence-corrected chi connectivity index (χ3v) is 0.694. The first-order chi connectivity index (χ1) is 5.92. The Morgan fingerprint density at radius 1 is 1.15 bits per heavy atom. The fourth-order valence-corrected chi connectivity index (χ4v) is 0. The minimum atomic E-state index is -0.833. The van der Waals surface area contributed by atoms with E-state index in [0.29, 0.717) is 0 Å². The normalized spacial score (nSPS) is 7.08. The molecule has 0 heterocycles. The van der Waals surface area contributed by atoms with Crippen molar-refractivity contribution < 1.29 is 30.0 Å². The van der Waals surface area contributed by atoms with E-state index in [1.807, 2.05) is 0 Å². The molecule has 7 heteroatoms. The van der Waals surface area contributed by atoms with Crippen molar-refractivity contribution in [2.75, 3.05) is 18.5 Å². The third kappa shape index (κ3) is 181. The Labute approximate surface area is 83.9 Å². The van der Waals surface area contributed by atoms with Gasteiger partial charge in [-0.05, 0) is 0 Å². The summed E-state index contributed by atoms with van der Waals surface area (Å²) in [6.45, 7) is 0.833. The average Bonchev–Trinajstić information content (AvgIpc) is 2.04. The molecule has 0 radical (unpaired) electrons. The van der Waals surface area contributed by atoms with Crippen LogP contribution in [-0.4, -0.2) is 50.9 Å². The van der Waals surface area contributed by atoms with Crippen molar-refractivity contribution in [3.63, 3.8) is 0 Å². The zero-order valence-corrected chi connectivity index (χ0v) is 8.69. The van der Waals surface area contributed by atoms with Gasteiger partial charge >= 0.3 is 5.97 Å². The van der Waals surface area contributed by atoms with E-state index in [2.05, 4.69) is 15.9 Å². The van der Waals surface area contributed by atoms with E-state index in [9.17, 15) is 4.79 Å². The minimum Gasteiger partial charge on any atom is -0.481 e. The van der Waals surface area contributed by atoms with Gasteiger partial charge in [0, 0.05) is 6.92 Å². The maximum atomic E-state index is 9.32. The lowest BCUT2D eigenvalue weighted by Gasteiger charge is -1.70. The Morgan fingerprint density at radius 3 is 1.31 bits per heavy atom. The molecule has 0 aromatic heterocycles. The number of carboxylic acids is 2. The lowest BCUT2D eigenvalue weighted by atomic mass is 10.8. The lowest BCUT2D eigenvalue weighted by Crippen LogP contribution is -1.92. The zero-order valence-electron chi connectivity index (χ0n) is 7.10. The van der Waals surface area contributed by atoms with Crippen LogP contribution in [0.3, 0.4) is 0 Å². The summed E-state index contributed by atoms with van der Waals surface area (Å²) in [5, 5.41) is 30.4. The van der Waals surface area contributed by atoms with Crippen LogP contribution in [-0.2, 0) is 9.59 Å². The van der Waals surface area contributed by atoms with Crippen LogP contribution in [0.25, 0.3) is 0 Å². The molecule has 80 valence electrons. The molecule has 0 aliphatic heterocycles. The van der Waals surface area contributed by atoms with Crippen LogP contribution in [0.5, 0.6) is 0 Å². The minimum absolute atomic E-state index is 0.0347. The van der Waals surface area contributed by atoms with E-state index in [0.717, 1.165) is 6.92 Å². The summed E-state index contributed by atoms with van der Waals surface area (Å²) < 4.78 is 0. The van der Waals surface area contributed by atoms with Gasteiger partial charge in [0.25, 0.3) is 5.97 Å². The molecular weight excluding hydrogens is 248 g/mol. The van der Waals surface area contributed by atoms with Crippen LogP contribution in [0.1, 0.15) is 6.92 Å². The van der Waals surface area contributed by atoms with Gasteiger partial charge in [0.15, 0.2) is 0 Å². The van der Waals surface area contributed by atoms with E-state index in [1.165, 1.54) is 0 Å². The quantitative estimate of drug-likeness (QED) is 0.499. The topological polar surface area (TPSA) is 115 Å². The van der Waals surface area contributed by atoms with Gasteiger partial charge in [-0.3, -0.25) is 9.59 Å². The second kappa shape index (κ2) is 17.4. The summed E-state index contributed by atoms with van der Waals surface area (Å²) in [7, 11) is 0. The van der Waals surface area contributed by atoms with Crippen LogP contribution >= 0.6 is 15.9 Å². The molecule has 0 aliphatic carbocycles. The largest absolute Gasteiger partial charge is 0.481 e. The fourth-order valence-electron chi connectivity index (χ4n) is 0. The highest BCUT2D eigenvalue weighted by molar-refractivity contribution is 9.09. The maximum absolute atomic E-state index is 9.32. The Hall–Kier alpha value is -0.660. The summed E-state index contributed by atoms with van der Waals surface area (Å²) in [5.74, 6) is -1.66. The third-order valence-electron chi connectivity index (χ3n) is 0.214. The molecule has 0 saturated heterocycles. The molecule has 6 nitrogen and oxygen atoms in total. The van der Waals surface area contributed by atoms with Gasteiger partial charge < -0.3 is 20.4 Å². The maximum Gasteiger partial charge on any atom is 0.314 e. The van der Waals surface area contributed by atoms with Gasteiger partial charge in [-0.25, -0.2) is 0 Å². The number of halogens is 1. The Bertz CT molecular complexity index is 120. The number of aliphatic hydroxyl groups is 2. The molecule has 0 atom stereocenters. The number of rotatable bonds is 2. The monoisotopic (exact) mass is 260 g/mol.